The Morgan fingerprint density at radius 2 is 1.77 bits per heavy atom. The molecule has 7 nitrogen and oxygen atoms in total. The number of sulfonamides is 1. The SMILES string of the molecule is CC(C)N(C)S(=O)(=O)c1ccc(NC(=O)CN2C[C@@H](C)O[C@@H](C)C2)cc1. The standard InChI is InChI=1S/C18H29N3O4S/c1-13(2)20(5)26(23,24)17-8-6-16(7-9-17)19-18(22)12-21-10-14(3)25-15(4)11-21/h6-9,13-15H,10-12H2,1-5H3,(H,19,22)/t14-,15+. The molecule has 1 N–H and O–H groups in total. The predicted octanol–water partition coefficient (Wildman–Crippen LogP) is 1.76. The van der Waals surface area contributed by atoms with Crippen LogP contribution < -0.4 is 5.32 Å². The van der Waals surface area contributed by atoms with Crippen molar-refractivity contribution in [3.05, 3.63) is 24.3 Å². The average molecular weight is 384 g/mol. The van der Waals surface area contributed by atoms with E-state index in [9.17, 15) is 13.2 Å². The Morgan fingerprint density at radius 1 is 1.23 bits per heavy atom. The highest BCUT2D eigenvalue weighted by atomic mass is 32.2. The molecule has 1 amide bonds. The summed E-state index contributed by atoms with van der Waals surface area (Å²) in [6, 6.07) is 6.14. The molecule has 2 atom stereocenters. The smallest absolute Gasteiger partial charge is 0.243 e. The number of ether oxygens (including phenoxy) is 1. The summed E-state index contributed by atoms with van der Waals surface area (Å²) in [6.07, 6.45) is 0.211. The molecule has 0 aromatic heterocycles. The fraction of sp³-hybridized carbons (Fsp3) is 0.611. The lowest BCUT2D eigenvalue weighted by Crippen LogP contribution is -2.48. The number of rotatable bonds is 6. The zero-order chi connectivity index (χ0) is 19.5. The van der Waals surface area contributed by atoms with E-state index < -0.39 is 10.0 Å². The van der Waals surface area contributed by atoms with Gasteiger partial charge in [-0.2, -0.15) is 4.31 Å². The molecule has 0 spiro atoms. The van der Waals surface area contributed by atoms with Gasteiger partial charge in [-0.3, -0.25) is 9.69 Å². The quantitative estimate of drug-likeness (QED) is 0.810. The van der Waals surface area contributed by atoms with Crippen LogP contribution >= 0.6 is 0 Å². The number of anilines is 1. The summed E-state index contributed by atoms with van der Waals surface area (Å²) in [5.41, 5.74) is 0.579. The predicted molar refractivity (Wildman–Crippen MR) is 102 cm³/mol. The highest BCUT2D eigenvalue weighted by Gasteiger charge is 2.24. The van der Waals surface area contributed by atoms with Crippen LogP contribution in [0.5, 0.6) is 0 Å². The topological polar surface area (TPSA) is 79.0 Å². The van der Waals surface area contributed by atoms with Crippen molar-refractivity contribution in [3.63, 3.8) is 0 Å². The zero-order valence-corrected chi connectivity index (χ0v) is 16.9. The number of hydrogen-bond acceptors (Lipinski definition) is 5. The first-order chi connectivity index (χ1) is 12.1. The molecule has 8 heteroatoms. The van der Waals surface area contributed by atoms with Crippen molar-refractivity contribution in [2.45, 2.75) is 50.8 Å². The van der Waals surface area contributed by atoms with Crippen LogP contribution in [0.25, 0.3) is 0 Å². The van der Waals surface area contributed by atoms with Gasteiger partial charge in [0, 0.05) is 31.9 Å². The highest BCUT2D eigenvalue weighted by molar-refractivity contribution is 7.89. The van der Waals surface area contributed by atoms with Gasteiger partial charge < -0.3 is 10.1 Å². The Labute approximate surface area is 156 Å². The van der Waals surface area contributed by atoms with Gasteiger partial charge in [0.1, 0.15) is 0 Å². The molecule has 0 bridgehead atoms. The van der Waals surface area contributed by atoms with E-state index in [1.807, 2.05) is 27.7 Å². The van der Waals surface area contributed by atoms with Gasteiger partial charge in [0.2, 0.25) is 15.9 Å². The van der Waals surface area contributed by atoms with E-state index in [4.69, 9.17) is 4.74 Å². The highest BCUT2D eigenvalue weighted by Crippen LogP contribution is 2.19. The van der Waals surface area contributed by atoms with Crippen molar-refractivity contribution in [2.24, 2.45) is 0 Å². The second-order valence-electron chi connectivity index (χ2n) is 7.14. The zero-order valence-electron chi connectivity index (χ0n) is 16.1. The molecular formula is C18H29N3O4S. The van der Waals surface area contributed by atoms with Gasteiger partial charge in [0.25, 0.3) is 0 Å². The first-order valence-electron chi connectivity index (χ1n) is 8.85. The third-order valence-electron chi connectivity index (χ3n) is 4.40. The van der Waals surface area contributed by atoms with Crippen LogP contribution in [-0.4, -0.2) is 68.5 Å². The monoisotopic (exact) mass is 383 g/mol. The number of amides is 1. The van der Waals surface area contributed by atoms with Crippen LogP contribution in [0, 0.1) is 0 Å². The largest absolute Gasteiger partial charge is 0.373 e. The fourth-order valence-electron chi connectivity index (χ4n) is 2.97. The minimum atomic E-state index is -3.52. The molecule has 26 heavy (non-hydrogen) atoms. The molecule has 1 aliphatic heterocycles. The van der Waals surface area contributed by atoms with Crippen LogP contribution in [0.2, 0.25) is 0 Å². The fourth-order valence-corrected chi connectivity index (χ4v) is 4.34. The van der Waals surface area contributed by atoms with E-state index in [0.29, 0.717) is 5.69 Å². The Hall–Kier alpha value is -1.48. The number of benzene rings is 1. The van der Waals surface area contributed by atoms with Crippen molar-refractivity contribution in [3.8, 4) is 0 Å². The number of nitrogens with one attached hydrogen (secondary N) is 1. The van der Waals surface area contributed by atoms with E-state index in [1.165, 1.54) is 16.4 Å². The average Bonchev–Trinajstić information content (AvgIpc) is 2.53. The van der Waals surface area contributed by atoms with Gasteiger partial charge >= 0.3 is 0 Å². The van der Waals surface area contributed by atoms with Gasteiger partial charge in [-0.25, -0.2) is 8.42 Å². The van der Waals surface area contributed by atoms with Crippen molar-refractivity contribution < 1.29 is 17.9 Å². The lowest BCUT2D eigenvalue weighted by atomic mass is 10.2. The lowest BCUT2D eigenvalue weighted by Gasteiger charge is -2.34. The Balaban J connectivity index is 1.97. The molecule has 0 saturated carbocycles. The maximum atomic E-state index is 12.5. The van der Waals surface area contributed by atoms with E-state index in [0.717, 1.165) is 13.1 Å². The molecule has 2 rings (SSSR count). The number of morpholine rings is 1. The Bertz CT molecular complexity index is 708. The van der Waals surface area contributed by atoms with Gasteiger partial charge in [0.15, 0.2) is 0 Å². The maximum absolute atomic E-state index is 12.5. The summed E-state index contributed by atoms with van der Waals surface area (Å²) >= 11 is 0. The van der Waals surface area contributed by atoms with Crippen LogP contribution in [0.1, 0.15) is 27.7 Å². The second kappa shape index (κ2) is 8.47. The molecule has 0 radical (unpaired) electrons. The summed E-state index contributed by atoms with van der Waals surface area (Å²) in [7, 11) is -1.96. The van der Waals surface area contributed by atoms with Crippen molar-refractivity contribution in [1.82, 2.24) is 9.21 Å². The Morgan fingerprint density at radius 3 is 2.27 bits per heavy atom. The van der Waals surface area contributed by atoms with Gasteiger partial charge in [-0.05, 0) is 52.0 Å². The number of carbonyl (C=O) groups is 1. The summed E-state index contributed by atoms with van der Waals surface area (Å²) in [5.74, 6) is -0.124. The summed E-state index contributed by atoms with van der Waals surface area (Å²) in [5, 5.41) is 2.82. The summed E-state index contributed by atoms with van der Waals surface area (Å²) < 4.78 is 31.9. The summed E-state index contributed by atoms with van der Waals surface area (Å²) in [6.45, 7) is 9.35. The first kappa shape index (κ1) is 20.8. The van der Waals surface area contributed by atoms with E-state index in [1.54, 1.807) is 19.2 Å². The molecular weight excluding hydrogens is 354 g/mol. The minimum Gasteiger partial charge on any atom is -0.373 e. The van der Waals surface area contributed by atoms with Gasteiger partial charge in [-0.1, -0.05) is 0 Å². The third kappa shape index (κ3) is 5.26. The molecule has 1 aliphatic rings. The molecule has 1 saturated heterocycles. The molecule has 146 valence electrons. The Kier molecular flexibility index (Phi) is 6.79. The number of hydrogen-bond donors (Lipinski definition) is 1. The minimum absolute atomic E-state index is 0.106. The van der Waals surface area contributed by atoms with Gasteiger partial charge in [-0.15, -0.1) is 0 Å². The first-order valence-corrected chi connectivity index (χ1v) is 10.3. The normalized spacial score (nSPS) is 22.0. The van der Waals surface area contributed by atoms with E-state index in [-0.39, 0.29) is 35.6 Å². The van der Waals surface area contributed by atoms with Crippen molar-refractivity contribution >= 4 is 21.6 Å². The van der Waals surface area contributed by atoms with Crippen LogP contribution in [0.4, 0.5) is 5.69 Å². The second-order valence-corrected chi connectivity index (χ2v) is 9.14. The third-order valence-corrected chi connectivity index (χ3v) is 6.45. The number of nitrogens with zero attached hydrogens (tertiary/aromatic N) is 2. The van der Waals surface area contributed by atoms with Crippen LogP contribution in [0.3, 0.4) is 0 Å². The molecule has 1 heterocycles. The van der Waals surface area contributed by atoms with E-state index >= 15 is 0 Å². The van der Waals surface area contributed by atoms with Crippen molar-refractivity contribution in [1.29, 1.82) is 0 Å². The molecule has 1 fully saturated rings. The van der Waals surface area contributed by atoms with Crippen molar-refractivity contribution in [2.75, 3.05) is 32.0 Å². The lowest BCUT2D eigenvalue weighted by molar-refractivity contribution is -0.121. The molecule has 1 aromatic carbocycles. The van der Waals surface area contributed by atoms with Gasteiger partial charge in [0.05, 0.1) is 23.6 Å². The van der Waals surface area contributed by atoms with Crippen LogP contribution in [-0.2, 0) is 19.6 Å². The van der Waals surface area contributed by atoms with Crippen LogP contribution in [0.15, 0.2) is 29.2 Å². The number of carbonyl (C=O) groups excluding carboxylic acids is 1. The maximum Gasteiger partial charge on any atom is 0.243 e. The molecule has 0 aliphatic carbocycles. The molecule has 1 aromatic rings. The van der Waals surface area contributed by atoms with E-state index in [2.05, 4.69) is 10.2 Å². The molecule has 0 unspecified atom stereocenters. The summed E-state index contributed by atoms with van der Waals surface area (Å²) in [4.78, 5) is 14.5.